The standard InChI is InChI=1S/C17H30N4O3.HI/c1-12(2)14(21-16(22)24-17(3,4)5)11-20-15(18-6)19-10-13-8-7-9-23-13;/h7-9,12,14H,10-11H2,1-6H3,(H,21,22)(H2,18,19,20);1H. The van der Waals surface area contributed by atoms with Gasteiger partial charge < -0.3 is 25.1 Å². The Bertz CT molecular complexity index is 524. The largest absolute Gasteiger partial charge is 0.467 e. The molecule has 25 heavy (non-hydrogen) atoms. The SMILES string of the molecule is CN=C(NCc1ccco1)NCC(NC(=O)OC(C)(C)C)C(C)C.I. The molecule has 1 heterocycles. The van der Waals surface area contributed by atoms with Gasteiger partial charge in [-0.05, 0) is 38.8 Å². The number of nitrogens with zero attached hydrogens (tertiary/aromatic N) is 1. The van der Waals surface area contributed by atoms with Crippen molar-refractivity contribution in [2.75, 3.05) is 13.6 Å². The lowest BCUT2D eigenvalue weighted by Gasteiger charge is -2.26. The van der Waals surface area contributed by atoms with Crippen molar-refractivity contribution >= 4 is 36.0 Å². The molecule has 1 rings (SSSR count). The normalized spacial score (nSPS) is 13.0. The third-order valence-corrected chi connectivity index (χ3v) is 3.23. The molecule has 8 heteroatoms. The summed E-state index contributed by atoms with van der Waals surface area (Å²) in [5.41, 5.74) is -0.514. The molecule has 0 saturated heterocycles. The first-order chi connectivity index (χ1) is 11.2. The first-order valence-electron chi connectivity index (χ1n) is 8.17. The van der Waals surface area contributed by atoms with E-state index in [9.17, 15) is 4.79 Å². The van der Waals surface area contributed by atoms with Crippen LogP contribution in [0.2, 0.25) is 0 Å². The number of nitrogens with one attached hydrogen (secondary N) is 3. The van der Waals surface area contributed by atoms with Gasteiger partial charge in [0, 0.05) is 13.6 Å². The Hall–Kier alpha value is -1.45. The molecule has 0 radical (unpaired) electrons. The van der Waals surface area contributed by atoms with Gasteiger partial charge in [-0.1, -0.05) is 13.8 Å². The van der Waals surface area contributed by atoms with Crippen LogP contribution >= 0.6 is 24.0 Å². The quantitative estimate of drug-likeness (QED) is 0.341. The maximum atomic E-state index is 11.9. The zero-order chi connectivity index (χ0) is 18.2. The third-order valence-electron chi connectivity index (χ3n) is 3.23. The van der Waals surface area contributed by atoms with Crippen LogP contribution in [0.15, 0.2) is 27.8 Å². The summed E-state index contributed by atoms with van der Waals surface area (Å²) in [4.78, 5) is 16.1. The highest BCUT2D eigenvalue weighted by molar-refractivity contribution is 14.0. The lowest BCUT2D eigenvalue weighted by molar-refractivity contribution is 0.0491. The molecule has 0 fully saturated rings. The number of alkyl carbamates (subject to hydrolysis) is 1. The number of hydrogen-bond donors (Lipinski definition) is 3. The van der Waals surface area contributed by atoms with Crippen molar-refractivity contribution < 1.29 is 13.9 Å². The minimum Gasteiger partial charge on any atom is -0.467 e. The Balaban J connectivity index is 0.00000576. The van der Waals surface area contributed by atoms with Crippen LogP contribution in [0, 0.1) is 5.92 Å². The van der Waals surface area contributed by atoms with Gasteiger partial charge in [-0.25, -0.2) is 4.79 Å². The van der Waals surface area contributed by atoms with E-state index in [4.69, 9.17) is 9.15 Å². The molecular formula is C17H31IN4O3. The van der Waals surface area contributed by atoms with Crippen molar-refractivity contribution in [3.05, 3.63) is 24.2 Å². The minimum atomic E-state index is -0.514. The number of carbonyl (C=O) groups excluding carboxylic acids is 1. The average molecular weight is 466 g/mol. The molecule has 0 aliphatic heterocycles. The summed E-state index contributed by atoms with van der Waals surface area (Å²) in [6.45, 7) is 10.7. The summed E-state index contributed by atoms with van der Waals surface area (Å²) in [6.07, 6.45) is 1.22. The maximum absolute atomic E-state index is 11.9. The monoisotopic (exact) mass is 466 g/mol. The summed E-state index contributed by atoms with van der Waals surface area (Å²) >= 11 is 0. The van der Waals surface area contributed by atoms with Crippen LogP contribution in [-0.2, 0) is 11.3 Å². The van der Waals surface area contributed by atoms with E-state index in [0.29, 0.717) is 19.0 Å². The number of rotatable bonds is 6. The molecule has 0 bridgehead atoms. The third kappa shape index (κ3) is 10.2. The van der Waals surface area contributed by atoms with Crippen molar-refractivity contribution in [3.63, 3.8) is 0 Å². The van der Waals surface area contributed by atoms with Crippen molar-refractivity contribution in [3.8, 4) is 0 Å². The predicted molar refractivity (Wildman–Crippen MR) is 110 cm³/mol. The molecule has 1 atom stereocenters. The van der Waals surface area contributed by atoms with E-state index < -0.39 is 11.7 Å². The van der Waals surface area contributed by atoms with Gasteiger partial charge in [-0.15, -0.1) is 24.0 Å². The number of aliphatic imine (C=N–C) groups is 1. The van der Waals surface area contributed by atoms with Crippen molar-refractivity contribution in [1.29, 1.82) is 0 Å². The van der Waals surface area contributed by atoms with Gasteiger partial charge in [0.05, 0.1) is 18.8 Å². The number of furan rings is 1. The van der Waals surface area contributed by atoms with Crippen LogP contribution < -0.4 is 16.0 Å². The highest BCUT2D eigenvalue weighted by Crippen LogP contribution is 2.08. The lowest BCUT2D eigenvalue weighted by Crippen LogP contribution is -2.50. The smallest absolute Gasteiger partial charge is 0.407 e. The van der Waals surface area contributed by atoms with Gasteiger partial charge in [-0.2, -0.15) is 0 Å². The first-order valence-corrected chi connectivity index (χ1v) is 8.17. The molecule has 144 valence electrons. The molecule has 0 saturated carbocycles. The van der Waals surface area contributed by atoms with Crippen molar-refractivity contribution in [2.24, 2.45) is 10.9 Å². The average Bonchev–Trinajstić information content (AvgIpc) is 2.97. The topological polar surface area (TPSA) is 87.9 Å². The van der Waals surface area contributed by atoms with Gasteiger partial charge >= 0.3 is 6.09 Å². The Morgan fingerprint density at radius 1 is 1.32 bits per heavy atom. The lowest BCUT2D eigenvalue weighted by atomic mass is 10.0. The van der Waals surface area contributed by atoms with E-state index in [1.165, 1.54) is 0 Å². The number of ether oxygens (including phenoxy) is 1. The van der Waals surface area contributed by atoms with Crippen LogP contribution in [0.1, 0.15) is 40.4 Å². The van der Waals surface area contributed by atoms with Crippen LogP contribution in [0.25, 0.3) is 0 Å². The Morgan fingerprint density at radius 2 is 2.00 bits per heavy atom. The Morgan fingerprint density at radius 3 is 2.48 bits per heavy atom. The fraction of sp³-hybridized carbons (Fsp3) is 0.647. The molecular weight excluding hydrogens is 435 g/mol. The summed E-state index contributed by atoms with van der Waals surface area (Å²) in [5, 5.41) is 9.26. The number of amides is 1. The van der Waals surface area contributed by atoms with E-state index in [2.05, 4.69) is 20.9 Å². The van der Waals surface area contributed by atoms with E-state index in [0.717, 1.165) is 5.76 Å². The fourth-order valence-corrected chi connectivity index (χ4v) is 1.92. The van der Waals surface area contributed by atoms with Crippen LogP contribution in [0.4, 0.5) is 4.79 Å². The second kappa shape index (κ2) is 11.2. The number of carbonyl (C=O) groups is 1. The van der Waals surface area contributed by atoms with E-state index in [-0.39, 0.29) is 35.9 Å². The zero-order valence-electron chi connectivity index (χ0n) is 15.9. The summed E-state index contributed by atoms with van der Waals surface area (Å²) in [6, 6.07) is 3.65. The second-order valence-corrected chi connectivity index (χ2v) is 6.88. The summed E-state index contributed by atoms with van der Waals surface area (Å²) in [5.74, 6) is 1.71. The molecule has 0 aliphatic rings. The molecule has 1 unspecified atom stereocenters. The molecule has 1 amide bonds. The Kier molecular flexibility index (Phi) is 10.6. The molecule has 3 N–H and O–H groups in total. The second-order valence-electron chi connectivity index (χ2n) is 6.88. The van der Waals surface area contributed by atoms with Gasteiger partial charge in [0.15, 0.2) is 5.96 Å². The van der Waals surface area contributed by atoms with Crippen molar-refractivity contribution in [2.45, 2.75) is 52.8 Å². The highest BCUT2D eigenvalue weighted by atomic mass is 127. The minimum absolute atomic E-state index is 0. The molecule has 0 aliphatic carbocycles. The van der Waals surface area contributed by atoms with Gasteiger partial charge in [0.25, 0.3) is 0 Å². The van der Waals surface area contributed by atoms with Crippen molar-refractivity contribution in [1.82, 2.24) is 16.0 Å². The number of guanidine groups is 1. The first kappa shape index (κ1) is 23.5. The molecule has 0 spiro atoms. The van der Waals surface area contributed by atoms with E-state index in [1.807, 2.05) is 46.8 Å². The summed E-state index contributed by atoms with van der Waals surface area (Å²) in [7, 11) is 1.70. The number of hydrogen-bond acceptors (Lipinski definition) is 4. The van der Waals surface area contributed by atoms with Gasteiger partial charge in [-0.3, -0.25) is 4.99 Å². The van der Waals surface area contributed by atoms with E-state index in [1.54, 1.807) is 13.3 Å². The highest BCUT2D eigenvalue weighted by Gasteiger charge is 2.21. The molecule has 7 nitrogen and oxygen atoms in total. The van der Waals surface area contributed by atoms with Crippen LogP contribution in [-0.4, -0.2) is 37.3 Å². The predicted octanol–water partition coefficient (Wildman–Crippen LogP) is 3.11. The van der Waals surface area contributed by atoms with Gasteiger partial charge in [0.2, 0.25) is 0 Å². The van der Waals surface area contributed by atoms with Crippen LogP contribution in [0.5, 0.6) is 0 Å². The fourth-order valence-electron chi connectivity index (χ4n) is 1.92. The van der Waals surface area contributed by atoms with Crippen LogP contribution in [0.3, 0.4) is 0 Å². The number of halogens is 1. The van der Waals surface area contributed by atoms with Gasteiger partial charge in [0.1, 0.15) is 11.4 Å². The summed E-state index contributed by atoms with van der Waals surface area (Å²) < 4.78 is 10.6. The zero-order valence-corrected chi connectivity index (χ0v) is 18.2. The Labute approximate surface area is 167 Å². The molecule has 0 aromatic carbocycles. The molecule has 1 aromatic heterocycles. The molecule has 1 aromatic rings. The van der Waals surface area contributed by atoms with E-state index >= 15 is 0 Å². The maximum Gasteiger partial charge on any atom is 0.407 e.